The number of carbonyl (C=O) groups is 1. The van der Waals surface area contributed by atoms with Crippen LogP contribution in [0.25, 0.3) is 0 Å². The van der Waals surface area contributed by atoms with E-state index in [0.717, 1.165) is 28.8 Å². The molecule has 0 aliphatic carbocycles. The molecular formula is C16H14FNO3S2. The van der Waals surface area contributed by atoms with Crippen LogP contribution in [-0.4, -0.2) is 25.8 Å². The third-order valence-electron chi connectivity index (χ3n) is 3.56. The molecule has 1 heterocycles. The Kier molecular flexibility index (Phi) is 4.16. The van der Waals surface area contributed by atoms with E-state index in [-0.39, 0.29) is 21.7 Å². The quantitative estimate of drug-likeness (QED) is 0.864. The number of carbonyl (C=O) groups excluding carboxylic acids is 1. The highest BCUT2D eigenvalue weighted by Gasteiger charge is 2.28. The van der Waals surface area contributed by atoms with Gasteiger partial charge in [0.2, 0.25) is 5.91 Å². The minimum atomic E-state index is -3.46. The van der Waals surface area contributed by atoms with Gasteiger partial charge in [-0.2, -0.15) is 0 Å². The molecule has 0 bridgehead atoms. The van der Waals surface area contributed by atoms with Gasteiger partial charge in [-0.25, -0.2) is 12.8 Å². The lowest BCUT2D eigenvalue weighted by atomic mass is 10.1. The predicted octanol–water partition coefficient (Wildman–Crippen LogP) is 2.88. The van der Waals surface area contributed by atoms with Crippen LogP contribution in [0.5, 0.6) is 0 Å². The number of halogens is 1. The van der Waals surface area contributed by atoms with Crippen LogP contribution >= 0.6 is 11.8 Å². The molecule has 0 fully saturated rings. The summed E-state index contributed by atoms with van der Waals surface area (Å²) in [6.45, 7) is 0. The number of rotatable bonds is 3. The van der Waals surface area contributed by atoms with Crippen molar-refractivity contribution in [3.8, 4) is 0 Å². The number of benzene rings is 2. The van der Waals surface area contributed by atoms with E-state index in [0.29, 0.717) is 6.42 Å². The van der Waals surface area contributed by atoms with Crippen molar-refractivity contribution in [2.24, 2.45) is 0 Å². The molecule has 0 spiro atoms. The number of thioether (sulfide) groups is 1. The zero-order valence-electron chi connectivity index (χ0n) is 12.2. The van der Waals surface area contributed by atoms with Gasteiger partial charge in [-0.1, -0.05) is 18.2 Å². The number of hydrogen-bond acceptors (Lipinski definition) is 4. The fourth-order valence-corrected chi connectivity index (χ4v) is 4.21. The summed E-state index contributed by atoms with van der Waals surface area (Å²) in [5, 5.41) is 2.15. The molecule has 2 aromatic carbocycles. The first-order chi connectivity index (χ1) is 10.8. The molecule has 1 amide bonds. The molecule has 3 rings (SSSR count). The Morgan fingerprint density at radius 3 is 2.70 bits per heavy atom. The van der Waals surface area contributed by atoms with Crippen LogP contribution in [-0.2, 0) is 21.1 Å². The maximum atomic E-state index is 13.9. The summed E-state index contributed by atoms with van der Waals surface area (Å²) in [6, 6.07) is 11.1. The third kappa shape index (κ3) is 3.40. The maximum absolute atomic E-state index is 13.9. The SMILES string of the molecule is CS(=O)(=O)c1ccc(F)c(NC(=O)[C@@H]2Cc3ccccc3S2)c1. The third-order valence-corrected chi connectivity index (χ3v) is 5.99. The Bertz CT molecular complexity index is 856. The van der Waals surface area contributed by atoms with E-state index < -0.39 is 15.7 Å². The van der Waals surface area contributed by atoms with E-state index in [9.17, 15) is 17.6 Å². The van der Waals surface area contributed by atoms with Gasteiger partial charge < -0.3 is 5.32 Å². The van der Waals surface area contributed by atoms with Crippen molar-refractivity contribution in [3.05, 3.63) is 53.8 Å². The summed E-state index contributed by atoms with van der Waals surface area (Å²) < 4.78 is 36.9. The molecule has 7 heteroatoms. The summed E-state index contributed by atoms with van der Waals surface area (Å²) >= 11 is 1.43. The van der Waals surface area contributed by atoms with E-state index in [2.05, 4.69) is 5.32 Å². The molecule has 0 radical (unpaired) electrons. The van der Waals surface area contributed by atoms with Gasteiger partial charge in [0.15, 0.2) is 9.84 Å². The smallest absolute Gasteiger partial charge is 0.238 e. The van der Waals surface area contributed by atoms with Crippen LogP contribution in [0, 0.1) is 5.82 Å². The zero-order chi connectivity index (χ0) is 16.6. The average Bonchev–Trinajstić information content (AvgIpc) is 2.92. The predicted molar refractivity (Wildman–Crippen MR) is 87.9 cm³/mol. The number of nitrogens with one attached hydrogen (secondary N) is 1. The zero-order valence-corrected chi connectivity index (χ0v) is 13.9. The summed E-state index contributed by atoms with van der Waals surface area (Å²) in [5.74, 6) is -0.998. The molecule has 0 aromatic heterocycles. The largest absolute Gasteiger partial charge is 0.323 e. The van der Waals surface area contributed by atoms with Gasteiger partial charge in [-0.3, -0.25) is 4.79 Å². The molecule has 23 heavy (non-hydrogen) atoms. The fourth-order valence-electron chi connectivity index (χ4n) is 2.37. The first-order valence-corrected chi connectivity index (χ1v) is 9.67. The van der Waals surface area contributed by atoms with Crippen LogP contribution < -0.4 is 5.32 Å². The van der Waals surface area contributed by atoms with E-state index in [1.54, 1.807) is 0 Å². The number of fused-ring (bicyclic) bond motifs is 1. The van der Waals surface area contributed by atoms with Crippen molar-refractivity contribution in [3.63, 3.8) is 0 Å². The Morgan fingerprint density at radius 1 is 1.26 bits per heavy atom. The minimum absolute atomic E-state index is 0.0310. The van der Waals surface area contributed by atoms with Gasteiger partial charge in [-0.15, -0.1) is 11.8 Å². The van der Waals surface area contributed by atoms with Gasteiger partial charge in [-0.05, 0) is 36.2 Å². The van der Waals surface area contributed by atoms with Gasteiger partial charge in [0.05, 0.1) is 15.8 Å². The molecule has 1 N–H and O–H groups in total. The van der Waals surface area contributed by atoms with Crippen LogP contribution in [0.15, 0.2) is 52.3 Å². The lowest BCUT2D eigenvalue weighted by molar-refractivity contribution is -0.115. The van der Waals surface area contributed by atoms with Gasteiger partial charge >= 0.3 is 0 Å². The van der Waals surface area contributed by atoms with Crippen LogP contribution in [0.1, 0.15) is 5.56 Å². The van der Waals surface area contributed by atoms with E-state index in [4.69, 9.17) is 0 Å². The van der Waals surface area contributed by atoms with Crippen LogP contribution in [0.3, 0.4) is 0 Å². The average molecular weight is 351 g/mol. The van der Waals surface area contributed by atoms with E-state index in [1.165, 1.54) is 17.8 Å². The highest BCUT2D eigenvalue weighted by Crippen LogP contribution is 2.37. The lowest BCUT2D eigenvalue weighted by Gasteiger charge is -2.11. The molecule has 1 atom stereocenters. The monoisotopic (exact) mass is 351 g/mol. The summed E-state index contributed by atoms with van der Waals surface area (Å²) in [4.78, 5) is 13.4. The summed E-state index contributed by atoms with van der Waals surface area (Å²) in [6.07, 6.45) is 1.61. The molecule has 0 saturated carbocycles. The van der Waals surface area contributed by atoms with Crippen molar-refractivity contribution < 1.29 is 17.6 Å². The second-order valence-corrected chi connectivity index (χ2v) is 8.58. The van der Waals surface area contributed by atoms with Crippen molar-refractivity contribution in [1.82, 2.24) is 0 Å². The van der Waals surface area contributed by atoms with Crippen molar-refractivity contribution >= 4 is 33.2 Å². The summed E-state index contributed by atoms with van der Waals surface area (Å²) in [7, 11) is -3.46. The van der Waals surface area contributed by atoms with E-state index >= 15 is 0 Å². The lowest BCUT2D eigenvalue weighted by Crippen LogP contribution is -2.25. The minimum Gasteiger partial charge on any atom is -0.323 e. The Hall–Kier alpha value is -1.86. The topological polar surface area (TPSA) is 63.2 Å². The number of anilines is 1. The second kappa shape index (κ2) is 5.98. The molecule has 1 aliphatic rings. The molecule has 0 unspecified atom stereocenters. The molecule has 120 valence electrons. The normalized spacial score (nSPS) is 16.9. The summed E-state index contributed by atoms with van der Waals surface area (Å²) in [5.41, 5.74) is 0.970. The highest BCUT2D eigenvalue weighted by molar-refractivity contribution is 8.01. The van der Waals surface area contributed by atoms with Crippen LogP contribution in [0.4, 0.5) is 10.1 Å². The van der Waals surface area contributed by atoms with E-state index in [1.807, 2.05) is 24.3 Å². The molecular weight excluding hydrogens is 337 g/mol. The maximum Gasteiger partial charge on any atom is 0.238 e. The fraction of sp³-hybridized carbons (Fsp3) is 0.188. The molecule has 0 saturated heterocycles. The highest BCUT2D eigenvalue weighted by atomic mass is 32.2. The molecule has 4 nitrogen and oxygen atoms in total. The first kappa shape index (κ1) is 16.0. The number of amides is 1. The Labute approximate surface area is 138 Å². The Morgan fingerprint density at radius 2 is 2.00 bits per heavy atom. The standard InChI is InChI=1S/C16H14FNO3S2/c1-23(20,21)11-6-7-12(17)13(9-11)18-16(19)15-8-10-4-2-3-5-14(10)22-15/h2-7,9,15H,8H2,1H3,(H,18,19)/t15-/m0/s1. The van der Waals surface area contributed by atoms with Crippen molar-refractivity contribution in [1.29, 1.82) is 0 Å². The van der Waals surface area contributed by atoms with Crippen LogP contribution in [0.2, 0.25) is 0 Å². The molecule has 1 aliphatic heterocycles. The number of sulfone groups is 1. The van der Waals surface area contributed by atoms with Crippen molar-refractivity contribution in [2.45, 2.75) is 21.5 Å². The van der Waals surface area contributed by atoms with Crippen molar-refractivity contribution in [2.75, 3.05) is 11.6 Å². The molecule has 2 aromatic rings. The van der Waals surface area contributed by atoms with Gasteiger partial charge in [0.1, 0.15) is 5.82 Å². The second-order valence-electron chi connectivity index (χ2n) is 5.32. The first-order valence-electron chi connectivity index (χ1n) is 6.89. The van der Waals surface area contributed by atoms with Gasteiger partial charge in [0.25, 0.3) is 0 Å². The Balaban J connectivity index is 1.79. The van der Waals surface area contributed by atoms with Gasteiger partial charge in [0, 0.05) is 11.2 Å². The number of hydrogen-bond donors (Lipinski definition) is 1.